The van der Waals surface area contributed by atoms with Crippen molar-refractivity contribution in [3.63, 3.8) is 0 Å². The average Bonchev–Trinajstić information content (AvgIpc) is 2.94. The van der Waals surface area contributed by atoms with E-state index in [1.54, 1.807) is 0 Å². The van der Waals surface area contributed by atoms with Crippen LogP contribution >= 0.6 is 0 Å². The van der Waals surface area contributed by atoms with Crippen LogP contribution in [0.4, 0.5) is 13.2 Å². The second-order valence-corrected chi connectivity index (χ2v) is 7.31. The summed E-state index contributed by atoms with van der Waals surface area (Å²) in [4.78, 5) is 1.50. The summed E-state index contributed by atoms with van der Waals surface area (Å²) < 4.78 is 42.9. The Kier molecular flexibility index (Phi) is 7.56. The van der Waals surface area contributed by atoms with Crippen LogP contribution < -0.4 is 10.1 Å². The molecule has 1 aromatic carbocycles. The van der Waals surface area contributed by atoms with E-state index >= 15 is 0 Å². The van der Waals surface area contributed by atoms with Crippen molar-refractivity contribution in [2.24, 2.45) is 11.8 Å². The molecule has 25 heavy (non-hydrogen) atoms. The molecule has 1 fully saturated rings. The lowest BCUT2D eigenvalue weighted by Crippen LogP contribution is -2.33. The molecular formula is C19H29F3N2O. The molecule has 0 amide bonds. The van der Waals surface area contributed by atoms with Gasteiger partial charge in [0, 0.05) is 13.1 Å². The number of nitrogens with one attached hydrogen (secondary N) is 1. The summed E-state index contributed by atoms with van der Waals surface area (Å²) >= 11 is 0. The summed E-state index contributed by atoms with van der Waals surface area (Å²) in [7, 11) is 0. The van der Waals surface area contributed by atoms with E-state index in [-0.39, 0.29) is 0 Å². The Bertz CT molecular complexity index is 502. The number of hydrogen-bond donors (Lipinski definition) is 1. The lowest BCUT2D eigenvalue weighted by molar-refractivity contribution is -0.143. The average molecular weight is 358 g/mol. The highest BCUT2D eigenvalue weighted by molar-refractivity contribution is 5.27. The minimum absolute atomic E-state index is 0.293. The Morgan fingerprint density at radius 2 is 1.96 bits per heavy atom. The SMILES string of the molecule is CC(C)CCOc1ccc(CNCC2CCN(CC(F)(F)F)C2)cc1. The number of benzene rings is 1. The summed E-state index contributed by atoms with van der Waals surface area (Å²) in [5.74, 6) is 1.80. The quantitative estimate of drug-likeness (QED) is 0.720. The molecule has 142 valence electrons. The lowest BCUT2D eigenvalue weighted by Gasteiger charge is -2.18. The van der Waals surface area contributed by atoms with E-state index in [4.69, 9.17) is 4.74 Å². The van der Waals surface area contributed by atoms with Crippen LogP contribution in [0.15, 0.2) is 24.3 Å². The Morgan fingerprint density at radius 1 is 1.24 bits per heavy atom. The van der Waals surface area contributed by atoms with E-state index in [0.717, 1.165) is 43.9 Å². The predicted octanol–water partition coefficient (Wildman–Crippen LogP) is 4.09. The molecule has 0 aliphatic carbocycles. The largest absolute Gasteiger partial charge is 0.494 e. The summed E-state index contributed by atoms with van der Waals surface area (Å²) in [5.41, 5.74) is 1.15. The van der Waals surface area contributed by atoms with Gasteiger partial charge < -0.3 is 10.1 Å². The third-order valence-corrected chi connectivity index (χ3v) is 4.42. The van der Waals surface area contributed by atoms with Crippen molar-refractivity contribution in [2.45, 2.75) is 39.4 Å². The van der Waals surface area contributed by atoms with Crippen LogP contribution in [0.5, 0.6) is 5.75 Å². The fourth-order valence-corrected chi connectivity index (χ4v) is 3.01. The first-order chi connectivity index (χ1) is 11.8. The molecule has 2 rings (SSSR count). The summed E-state index contributed by atoms with van der Waals surface area (Å²) in [6.45, 7) is 6.81. The van der Waals surface area contributed by atoms with Crippen LogP contribution in [0, 0.1) is 11.8 Å². The van der Waals surface area contributed by atoms with E-state index in [1.807, 2.05) is 24.3 Å². The summed E-state index contributed by atoms with van der Waals surface area (Å²) in [5, 5.41) is 3.36. The molecule has 6 heteroatoms. The third kappa shape index (κ3) is 8.10. The van der Waals surface area contributed by atoms with Gasteiger partial charge in [-0.1, -0.05) is 26.0 Å². The molecular weight excluding hydrogens is 329 g/mol. The molecule has 1 unspecified atom stereocenters. The third-order valence-electron chi connectivity index (χ3n) is 4.42. The second kappa shape index (κ2) is 9.43. The minimum Gasteiger partial charge on any atom is -0.494 e. The van der Waals surface area contributed by atoms with E-state index in [0.29, 0.717) is 24.9 Å². The van der Waals surface area contributed by atoms with Gasteiger partial charge in [-0.2, -0.15) is 13.2 Å². The van der Waals surface area contributed by atoms with Gasteiger partial charge in [0.05, 0.1) is 13.2 Å². The lowest BCUT2D eigenvalue weighted by atomic mass is 10.1. The van der Waals surface area contributed by atoms with Gasteiger partial charge in [-0.05, 0) is 55.5 Å². The molecule has 0 bridgehead atoms. The molecule has 1 saturated heterocycles. The zero-order chi connectivity index (χ0) is 18.3. The molecule has 1 aromatic rings. The molecule has 0 aromatic heterocycles. The monoisotopic (exact) mass is 358 g/mol. The van der Waals surface area contributed by atoms with Crippen molar-refractivity contribution < 1.29 is 17.9 Å². The molecule has 1 atom stereocenters. The Hall–Kier alpha value is -1.27. The number of ether oxygens (including phenoxy) is 1. The zero-order valence-electron chi connectivity index (χ0n) is 15.1. The van der Waals surface area contributed by atoms with Gasteiger partial charge in [-0.3, -0.25) is 4.90 Å². The fourth-order valence-electron chi connectivity index (χ4n) is 3.01. The fraction of sp³-hybridized carbons (Fsp3) is 0.684. The molecule has 0 saturated carbocycles. The first kappa shape index (κ1) is 20.0. The maximum Gasteiger partial charge on any atom is 0.401 e. The molecule has 3 nitrogen and oxygen atoms in total. The second-order valence-electron chi connectivity index (χ2n) is 7.31. The smallest absolute Gasteiger partial charge is 0.401 e. The van der Waals surface area contributed by atoms with Gasteiger partial charge in [-0.15, -0.1) is 0 Å². The predicted molar refractivity (Wildman–Crippen MR) is 93.7 cm³/mol. The molecule has 1 aliphatic heterocycles. The topological polar surface area (TPSA) is 24.5 Å². The Labute approximate surface area is 148 Å². The number of rotatable bonds is 9. The van der Waals surface area contributed by atoms with Crippen molar-refractivity contribution in [2.75, 3.05) is 32.8 Å². The maximum atomic E-state index is 12.4. The van der Waals surface area contributed by atoms with Crippen molar-refractivity contribution in [3.8, 4) is 5.75 Å². The van der Waals surface area contributed by atoms with Gasteiger partial charge in [0.15, 0.2) is 0 Å². The number of hydrogen-bond acceptors (Lipinski definition) is 3. The summed E-state index contributed by atoms with van der Waals surface area (Å²) in [6, 6.07) is 8.00. The number of nitrogens with zero attached hydrogens (tertiary/aromatic N) is 1. The van der Waals surface area contributed by atoms with Crippen LogP contribution in [0.25, 0.3) is 0 Å². The van der Waals surface area contributed by atoms with Crippen LogP contribution in [-0.4, -0.2) is 43.9 Å². The molecule has 0 radical (unpaired) electrons. The molecule has 1 heterocycles. The number of halogens is 3. The number of alkyl halides is 3. The minimum atomic E-state index is -4.10. The van der Waals surface area contributed by atoms with E-state index in [9.17, 15) is 13.2 Å². The van der Waals surface area contributed by atoms with E-state index in [1.165, 1.54) is 4.90 Å². The molecule has 0 spiro atoms. The highest BCUT2D eigenvalue weighted by atomic mass is 19.4. The van der Waals surface area contributed by atoms with E-state index in [2.05, 4.69) is 19.2 Å². The molecule has 1 N–H and O–H groups in total. The Morgan fingerprint density at radius 3 is 2.60 bits per heavy atom. The first-order valence-corrected chi connectivity index (χ1v) is 9.03. The highest BCUT2D eigenvalue weighted by Crippen LogP contribution is 2.22. The summed E-state index contributed by atoms with van der Waals surface area (Å²) in [6.07, 6.45) is -2.23. The van der Waals surface area contributed by atoms with Crippen LogP contribution in [0.2, 0.25) is 0 Å². The standard InChI is InChI=1S/C19H29F3N2O/c1-15(2)8-10-25-18-5-3-16(4-6-18)11-23-12-17-7-9-24(13-17)14-19(20,21)22/h3-6,15,17,23H,7-14H2,1-2H3. The van der Waals surface area contributed by atoms with Gasteiger partial charge in [0.25, 0.3) is 0 Å². The molecule has 1 aliphatic rings. The normalized spacial score (nSPS) is 18.9. The zero-order valence-corrected chi connectivity index (χ0v) is 15.1. The Balaban J connectivity index is 1.63. The van der Waals surface area contributed by atoms with Crippen molar-refractivity contribution in [1.82, 2.24) is 10.2 Å². The highest BCUT2D eigenvalue weighted by Gasteiger charge is 2.34. The van der Waals surface area contributed by atoms with Gasteiger partial charge in [0.2, 0.25) is 0 Å². The van der Waals surface area contributed by atoms with Crippen LogP contribution in [-0.2, 0) is 6.54 Å². The van der Waals surface area contributed by atoms with Crippen LogP contribution in [0.3, 0.4) is 0 Å². The van der Waals surface area contributed by atoms with Gasteiger partial charge >= 0.3 is 6.18 Å². The maximum absolute atomic E-state index is 12.4. The van der Waals surface area contributed by atoms with Crippen LogP contribution in [0.1, 0.15) is 32.3 Å². The van der Waals surface area contributed by atoms with E-state index < -0.39 is 12.7 Å². The first-order valence-electron chi connectivity index (χ1n) is 9.03. The van der Waals surface area contributed by atoms with Crippen molar-refractivity contribution in [3.05, 3.63) is 29.8 Å². The van der Waals surface area contributed by atoms with Crippen molar-refractivity contribution in [1.29, 1.82) is 0 Å². The van der Waals surface area contributed by atoms with Gasteiger partial charge in [0.1, 0.15) is 5.75 Å². The van der Waals surface area contributed by atoms with Crippen molar-refractivity contribution >= 4 is 0 Å². The van der Waals surface area contributed by atoms with Gasteiger partial charge in [-0.25, -0.2) is 0 Å². The number of likely N-dealkylation sites (tertiary alicyclic amines) is 1.